The van der Waals surface area contributed by atoms with Gasteiger partial charge in [0.1, 0.15) is 17.3 Å². The number of ether oxygens (including phenoxy) is 3. The fourth-order valence-corrected chi connectivity index (χ4v) is 9.97. The van der Waals surface area contributed by atoms with Gasteiger partial charge in [-0.3, -0.25) is 4.79 Å². The number of hydrogen-bond donors (Lipinski definition) is 0. The molecule has 3 aliphatic heterocycles. The third-order valence-corrected chi connectivity index (χ3v) is 12.0. The van der Waals surface area contributed by atoms with Crippen molar-refractivity contribution in [3.8, 4) is 0 Å². The van der Waals surface area contributed by atoms with Crippen molar-refractivity contribution in [1.29, 1.82) is 0 Å². The molecule has 0 aromatic rings. The largest absolute Gasteiger partial charge is 0.458 e. The summed E-state index contributed by atoms with van der Waals surface area (Å²) in [6, 6.07) is 0. The summed E-state index contributed by atoms with van der Waals surface area (Å²) in [7, 11) is 0. The normalized spacial score (nSPS) is 58.6. The van der Waals surface area contributed by atoms with Crippen LogP contribution in [0.1, 0.15) is 65.7 Å². The van der Waals surface area contributed by atoms with Gasteiger partial charge in [-0.2, -0.15) is 0 Å². The summed E-state index contributed by atoms with van der Waals surface area (Å²) in [6.45, 7) is 11.3. The van der Waals surface area contributed by atoms with Crippen molar-refractivity contribution in [3.05, 3.63) is 24.3 Å². The molecule has 7 rings (SSSR count). The maximum Gasteiger partial charge on any atom is 0.336 e. The number of carbonyl (C=O) groups is 2. The first kappa shape index (κ1) is 20.9. The Balaban J connectivity index is 1.19. The SMILES string of the molecule is C=C1C(=O)O[C@@H]2C[C@@]1(C)OC[C@H]2[C@H]1CC[C@H]2[C@@H]3C[C@@H]4O[C@@]45CC=CC(=O)[C@]5(C)[C@H]3CC[C@]12C. The first-order valence-electron chi connectivity index (χ1n) is 13.1. The minimum Gasteiger partial charge on any atom is -0.458 e. The Labute approximate surface area is 196 Å². The van der Waals surface area contributed by atoms with E-state index in [1.165, 1.54) is 6.42 Å². The lowest BCUT2D eigenvalue weighted by Gasteiger charge is -2.58. The Kier molecular flexibility index (Phi) is 3.92. The number of rotatable bonds is 1. The van der Waals surface area contributed by atoms with Crippen LogP contribution in [0, 0.1) is 40.4 Å². The van der Waals surface area contributed by atoms with Crippen molar-refractivity contribution >= 4 is 11.8 Å². The summed E-state index contributed by atoms with van der Waals surface area (Å²) in [4.78, 5) is 25.8. The van der Waals surface area contributed by atoms with E-state index < -0.39 is 5.60 Å². The van der Waals surface area contributed by atoms with Crippen LogP contribution in [0.25, 0.3) is 0 Å². The van der Waals surface area contributed by atoms with Crippen LogP contribution in [0.3, 0.4) is 0 Å². The molecule has 3 saturated carbocycles. The summed E-state index contributed by atoms with van der Waals surface area (Å²) in [6.07, 6.45) is 11.3. The highest BCUT2D eigenvalue weighted by Crippen LogP contribution is 2.73. The molecule has 6 fully saturated rings. The van der Waals surface area contributed by atoms with Gasteiger partial charge in [-0.15, -0.1) is 0 Å². The van der Waals surface area contributed by atoms with Gasteiger partial charge in [-0.25, -0.2) is 4.79 Å². The van der Waals surface area contributed by atoms with Gasteiger partial charge in [0.25, 0.3) is 0 Å². The molecule has 7 aliphatic rings. The lowest BCUT2D eigenvalue weighted by Crippen LogP contribution is -2.61. The zero-order valence-electron chi connectivity index (χ0n) is 20.1. The van der Waals surface area contributed by atoms with Crippen molar-refractivity contribution in [2.45, 2.75) is 89.1 Å². The van der Waals surface area contributed by atoms with Crippen LogP contribution in [0.5, 0.6) is 0 Å². The fourth-order valence-electron chi connectivity index (χ4n) is 9.97. The van der Waals surface area contributed by atoms with E-state index in [0.29, 0.717) is 41.6 Å². The van der Waals surface area contributed by atoms with E-state index in [1.807, 2.05) is 19.1 Å². The highest BCUT2D eigenvalue weighted by atomic mass is 16.6. The summed E-state index contributed by atoms with van der Waals surface area (Å²) in [5.74, 6) is 2.29. The van der Waals surface area contributed by atoms with Gasteiger partial charge < -0.3 is 14.2 Å². The molecule has 0 aromatic heterocycles. The maximum absolute atomic E-state index is 13.3. The number of carbonyl (C=O) groups excluding carboxylic acids is 2. The molecule has 5 heteroatoms. The van der Waals surface area contributed by atoms with Crippen molar-refractivity contribution < 1.29 is 23.8 Å². The third-order valence-electron chi connectivity index (χ3n) is 12.0. The van der Waals surface area contributed by atoms with Crippen LogP contribution in [-0.2, 0) is 23.8 Å². The van der Waals surface area contributed by atoms with Crippen LogP contribution in [0.15, 0.2) is 24.3 Å². The van der Waals surface area contributed by atoms with E-state index in [4.69, 9.17) is 14.2 Å². The summed E-state index contributed by atoms with van der Waals surface area (Å²) in [5.41, 5.74) is -0.520. The highest BCUT2D eigenvalue weighted by Gasteiger charge is 2.77. The zero-order chi connectivity index (χ0) is 23.0. The van der Waals surface area contributed by atoms with Crippen molar-refractivity contribution in [1.82, 2.24) is 0 Å². The van der Waals surface area contributed by atoms with Gasteiger partial charge in [0.2, 0.25) is 0 Å². The number of epoxide rings is 1. The van der Waals surface area contributed by atoms with Crippen LogP contribution in [-0.4, -0.2) is 41.8 Å². The third kappa shape index (κ3) is 2.32. The predicted molar refractivity (Wildman–Crippen MR) is 121 cm³/mol. The molecule has 33 heavy (non-hydrogen) atoms. The fraction of sp³-hybridized carbons (Fsp3) is 0.786. The lowest BCUT2D eigenvalue weighted by atomic mass is 9.44. The van der Waals surface area contributed by atoms with E-state index in [1.54, 1.807) is 0 Å². The van der Waals surface area contributed by atoms with E-state index in [-0.39, 0.29) is 40.5 Å². The van der Waals surface area contributed by atoms with E-state index >= 15 is 0 Å². The minimum absolute atomic E-state index is 0.0756. The second-order valence-corrected chi connectivity index (χ2v) is 12.8. The van der Waals surface area contributed by atoms with Crippen LogP contribution >= 0.6 is 0 Å². The molecule has 1 spiro atoms. The molecular formula is C28H36O5. The maximum atomic E-state index is 13.3. The van der Waals surface area contributed by atoms with Gasteiger partial charge >= 0.3 is 5.97 Å². The van der Waals surface area contributed by atoms with Crippen LogP contribution in [0.4, 0.5) is 0 Å². The van der Waals surface area contributed by atoms with Gasteiger partial charge in [-0.05, 0) is 87.5 Å². The number of fused-ring (bicyclic) bond motifs is 6. The van der Waals surface area contributed by atoms with Crippen LogP contribution < -0.4 is 0 Å². The van der Waals surface area contributed by atoms with Gasteiger partial charge in [0, 0.05) is 12.3 Å². The minimum atomic E-state index is -0.577. The van der Waals surface area contributed by atoms with Gasteiger partial charge in [0.05, 0.1) is 23.7 Å². The predicted octanol–water partition coefficient (Wildman–Crippen LogP) is 4.40. The highest BCUT2D eigenvalue weighted by molar-refractivity contribution is 5.97. The standard InChI is InChI=1S/C28H36O5/c1-15-24(30)32-21-13-26(15,3)31-14-17(21)19-8-7-18-16-12-23-28(33-23)10-5-6-22(29)27(28,4)20(16)9-11-25(18,19)2/h5-6,16-21,23H,1,7-14H2,2-4H3/t16-,17-,18-,19+,20-,21+,23-,25-,26+,27-,28-/m0/s1. The monoisotopic (exact) mass is 452 g/mol. The van der Waals surface area contributed by atoms with E-state index in [9.17, 15) is 9.59 Å². The smallest absolute Gasteiger partial charge is 0.336 e. The van der Waals surface area contributed by atoms with Crippen molar-refractivity contribution in [3.63, 3.8) is 0 Å². The summed E-state index contributed by atoms with van der Waals surface area (Å²) >= 11 is 0. The molecule has 0 aromatic carbocycles. The molecule has 5 nitrogen and oxygen atoms in total. The molecule has 0 unspecified atom stereocenters. The molecule has 3 heterocycles. The van der Waals surface area contributed by atoms with Gasteiger partial charge in [0.15, 0.2) is 5.78 Å². The molecule has 2 bridgehead atoms. The summed E-state index contributed by atoms with van der Waals surface area (Å²) < 4.78 is 18.6. The molecular weight excluding hydrogens is 416 g/mol. The average molecular weight is 453 g/mol. The van der Waals surface area contributed by atoms with E-state index in [0.717, 1.165) is 38.5 Å². The van der Waals surface area contributed by atoms with Crippen molar-refractivity contribution in [2.75, 3.05) is 6.61 Å². The number of hydrogen-bond acceptors (Lipinski definition) is 5. The molecule has 11 atom stereocenters. The van der Waals surface area contributed by atoms with E-state index in [2.05, 4.69) is 20.4 Å². The number of esters is 1. The van der Waals surface area contributed by atoms with Gasteiger partial charge in [-0.1, -0.05) is 19.6 Å². The molecule has 0 N–H and O–H groups in total. The Hall–Kier alpha value is -1.46. The lowest BCUT2D eigenvalue weighted by molar-refractivity contribution is -0.201. The Morgan fingerprint density at radius 2 is 1.79 bits per heavy atom. The molecule has 0 radical (unpaired) electrons. The Morgan fingerprint density at radius 3 is 2.58 bits per heavy atom. The Morgan fingerprint density at radius 1 is 1.03 bits per heavy atom. The second kappa shape index (κ2) is 6.20. The van der Waals surface area contributed by atoms with Crippen molar-refractivity contribution in [2.24, 2.45) is 40.4 Å². The first-order chi connectivity index (χ1) is 15.6. The molecule has 4 aliphatic carbocycles. The molecule has 0 amide bonds. The number of ketones is 1. The second-order valence-electron chi connectivity index (χ2n) is 12.8. The quantitative estimate of drug-likeness (QED) is 0.335. The topological polar surface area (TPSA) is 65.1 Å². The Bertz CT molecular complexity index is 1000. The average Bonchev–Trinajstić information content (AvgIpc) is 3.37. The molecule has 178 valence electrons. The zero-order valence-corrected chi connectivity index (χ0v) is 20.1. The molecule has 3 saturated heterocycles. The number of allylic oxidation sites excluding steroid dienone is 1. The van der Waals surface area contributed by atoms with Crippen LogP contribution in [0.2, 0.25) is 0 Å². The summed E-state index contributed by atoms with van der Waals surface area (Å²) in [5, 5.41) is 0. The first-order valence-corrected chi connectivity index (χ1v) is 13.1.